The predicted molar refractivity (Wildman–Crippen MR) is 83.9 cm³/mol. The van der Waals surface area contributed by atoms with Crippen molar-refractivity contribution in [3.05, 3.63) is 70.3 Å². The number of carbonyl (C=O) groups is 4. The van der Waals surface area contributed by atoms with Crippen molar-refractivity contribution in [2.45, 2.75) is 12.3 Å². The number of benzene rings is 2. The molecule has 0 spiro atoms. The summed E-state index contributed by atoms with van der Waals surface area (Å²) in [7, 11) is 0. The molecule has 1 amide bonds. The molecule has 1 aliphatic carbocycles. The lowest BCUT2D eigenvalue weighted by Crippen LogP contribution is -2.25. The zero-order chi connectivity index (χ0) is 17.4. The maximum Gasteiger partial charge on any atom is 0.304 e. The van der Waals surface area contributed by atoms with Crippen LogP contribution in [-0.2, 0) is 9.59 Å². The van der Waals surface area contributed by atoms with E-state index < -0.39 is 24.2 Å². The summed E-state index contributed by atoms with van der Waals surface area (Å²) >= 11 is 0. The molecule has 120 valence electrons. The number of aliphatic carboxylic acids is 1. The molecule has 0 bridgehead atoms. The summed E-state index contributed by atoms with van der Waals surface area (Å²) < 4.78 is 0. The van der Waals surface area contributed by atoms with E-state index in [9.17, 15) is 19.2 Å². The largest absolute Gasteiger partial charge is 0.481 e. The number of carbonyl (C=O) groups excluding carboxylic acids is 3. The number of carboxylic acids is 1. The highest BCUT2D eigenvalue weighted by molar-refractivity contribution is 6.28. The van der Waals surface area contributed by atoms with E-state index in [4.69, 9.17) is 10.8 Å². The van der Waals surface area contributed by atoms with Gasteiger partial charge in [-0.05, 0) is 17.7 Å². The average Bonchev–Trinajstić information content (AvgIpc) is 2.57. The number of hydrogen-bond donors (Lipinski definition) is 2. The van der Waals surface area contributed by atoms with E-state index in [0.29, 0.717) is 16.7 Å². The second-order valence-electron chi connectivity index (χ2n) is 5.56. The molecule has 2 aromatic rings. The summed E-state index contributed by atoms with van der Waals surface area (Å²) in [5.41, 5.74) is 6.61. The Labute approximate surface area is 136 Å². The van der Waals surface area contributed by atoms with Crippen LogP contribution < -0.4 is 5.73 Å². The highest BCUT2D eigenvalue weighted by Gasteiger charge is 2.31. The van der Waals surface area contributed by atoms with Crippen molar-refractivity contribution < 1.29 is 24.3 Å². The van der Waals surface area contributed by atoms with E-state index in [0.717, 1.165) is 0 Å². The normalized spacial score (nSPS) is 13.8. The van der Waals surface area contributed by atoms with Crippen molar-refractivity contribution in [3.8, 4) is 0 Å². The zero-order valence-electron chi connectivity index (χ0n) is 12.5. The first-order valence-corrected chi connectivity index (χ1v) is 7.23. The Morgan fingerprint density at radius 1 is 0.917 bits per heavy atom. The minimum Gasteiger partial charge on any atom is -0.481 e. The van der Waals surface area contributed by atoms with Crippen LogP contribution in [0.5, 0.6) is 0 Å². The average molecular weight is 323 g/mol. The molecular weight excluding hydrogens is 310 g/mol. The highest BCUT2D eigenvalue weighted by atomic mass is 16.4. The molecule has 0 heterocycles. The van der Waals surface area contributed by atoms with E-state index >= 15 is 0 Å². The van der Waals surface area contributed by atoms with Crippen LogP contribution in [0.4, 0.5) is 0 Å². The van der Waals surface area contributed by atoms with Gasteiger partial charge in [0.2, 0.25) is 5.91 Å². The van der Waals surface area contributed by atoms with Crippen molar-refractivity contribution in [2.75, 3.05) is 0 Å². The van der Waals surface area contributed by atoms with Crippen molar-refractivity contribution in [1.82, 2.24) is 0 Å². The van der Waals surface area contributed by atoms with E-state index in [1.807, 2.05) is 0 Å². The molecule has 24 heavy (non-hydrogen) atoms. The summed E-state index contributed by atoms with van der Waals surface area (Å²) in [6.45, 7) is 0. The predicted octanol–water partition coefficient (Wildman–Crippen LogP) is 1.51. The van der Waals surface area contributed by atoms with E-state index in [1.165, 1.54) is 18.2 Å². The fourth-order valence-corrected chi connectivity index (χ4v) is 2.89. The third-order valence-corrected chi connectivity index (χ3v) is 4.07. The first-order chi connectivity index (χ1) is 11.4. The minimum atomic E-state index is -1.18. The zero-order valence-corrected chi connectivity index (χ0v) is 12.5. The van der Waals surface area contributed by atoms with Crippen molar-refractivity contribution in [1.29, 1.82) is 0 Å². The quantitative estimate of drug-likeness (QED) is 0.755. The molecule has 2 aromatic carbocycles. The van der Waals surface area contributed by atoms with Gasteiger partial charge in [-0.15, -0.1) is 0 Å². The second-order valence-corrected chi connectivity index (χ2v) is 5.56. The Morgan fingerprint density at radius 3 is 2.00 bits per heavy atom. The SMILES string of the molecule is NC(=O)C(CC(=O)O)c1ccc2c(c1)C(=O)c1ccccc1C2=O. The van der Waals surface area contributed by atoms with E-state index in [-0.39, 0.29) is 22.7 Å². The van der Waals surface area contributed by atoms with Gasteiger partial charge in [0.05, 0.1) is 12.3 Å². The Hall–Kier alpha value is -3.28. The van der Waals surface area contributed by atoms with Gasteiger partial charge in [0.15, 0.2) is 11.6 Å². The molecule has 0 aliphatic heterocycles. The number of nitrogens with two attached hydrogens (primary N) is 1. The lowest BCUT2D eigenvalue weighted by molar-refractivity contribution is -0.139. The Bertz CT molecular complexity index is 900. The van der Waals surface area contributed by atoms with Crippen LogP contribution in [0, 0.1) is 0 Å². The van der Waals surface area contributed by atoms with Gasteiger partial charge in [-0.2, -0.15) is 0 Å². The van der Waals surface area contributed by atoms with Gasteiger partial charge in [-0.3, -0.25) is 19.2 Å². The van der Waals surface area contributed by atoms with Gasteiger partial charge in [0, 0.05) is 22.3 Å². The molecule has 1 atom stereocenters. The number of hydrogen-bond acceptors (Lipinski definition) is 4. The van der Waals surface area contributed by atoms with Crippen LogP contribution in [0.25, 0.3) is 0 Å². The molecule has 0 radical (unpaired) electrons. The van der Waals surface area contributed by atoms with Crippen LogP contribution >= 0.6 is 0 Å². The fourth-order valence-electron chi connectivity index (χ4n) is 2.89. The molecular formula is C18H13NO5. The molecule has 3 rings (SSSR count). The molecule has 1 aliphatic rings. The standard InChI is InChI=1S/C18H13NO5/c19-18(24)13(8-15(20)21)9-5-6-12-14(7-9)17(23)11-4-2-1-3-10(11)16(12)22/h1-7,13H,8H2,(H2,19,24)(H,20,21). The molecule has 0 saturated heterocycles. The Kier molecular flexibility index (Phi) is 3.73. The topological polar surface area (TPSA) is 115 Å². The summed E-state index contributed by atoms with van der Waals surface area (Å²) in [5, 5.41) is 8.93. The van der Waals surface area contributed by atoms with Gasteiger partial charge in [0.1, 0.15) is 0 Å². The first-order valence-electron chi connectivity index (χ1n) is 7.23. The number of primary amides is 1. The maximum atomic E-state index is 12.6. The number of fused-ring (bicyclic) bond motifs is 2. The molecule has 6 nitrogen and oxygen atoms in total. The lowest BCUT2D eigenvalue weighted by atomic mass is 9.81. The molecule has 1 unspecified atom stereocenters. The second kappa shape index (κ2) is 5.73. The number of amides is 1. The van der Waals surface area contributed by atoms with Gasteiger partial charge < -0.3 is 10.8 Å². The van der Waals surface area contributed by atoms with Crippen LogP contribution in [0.2, 0.25) is 0 Å². The number of rotatable bonds is 4. The molecule has 0 aromatic heterocycles. The minimum absolute atomic E-state index is 0.160. The molecule has 0 saturated carbocycles. The van der Waals surface area contributed by atoms with Gasteiger partial charge >= 0.3 is 5.97 Å². The van der Waals surface area contributed by atoms with Gasteiger partial charge in [0.25, 0.3) is 0 Å². The summed E-state index contributed by atoms with van der Waals surface area (Å²) in [5.74, 6) is -3.65. The first kappa shape index (κ1) is 15.6. The monoisotopic (exact) mass is 323 g/mol. The fraction of sp³-hybridized carbons (Fsp3) is 0.111. The maximum absolute atomic E-state index is 12.6. The van der Waals surface area contributed by atoms with Gasteiger partial charge in [-0.1, -0.05) is 30.3 Å². The van der Waals surface area contributed by atoms with Gasteiger partial charge in [-0.25, -0.2) is 0 Å². The third-order valence-electron chi connectivity index (χ3n) is 4.07. The third kappa shape index (κ3) is 2.48. The van der Waals surface area contributed by atoms with Crippen molar-refractivity contribution in [3.63, 3.8) is 0 Å². The summed E-state index contributed by atoms with van der Waals surface area (Å²) in [4.78, 5) is 47.6. The van der Waals surface area contributed by atoms with Crippen LogP contribution in [0.15, 0.2) is 42.5 Å². The van der Waals surface area contributed by atoms with Crippen molar-refractivity contribution >= 4 is 23.4 Å². The summed E-state index contributed by atoms with van der Waals surface area (Å²) in [6, 6.07) is 10.8. The van der Waals surface area contributed by atoms with E-state index in [2.05, 4.69) is 0 Å². The van der Waals surface area contributed by atoms with Crippen LogP contribution in [0.3, 0.4) is 0 Å². The molecule has 3 N–H and O–H groups in total. The van der Waals surface area contributed by atoms with Crippen LogP contribution in [0.1, 0.15) is 49.7 Å². The number of ketones is 2. The molecule has 6 heteroatoms. The van der Waals surface area contributed by atoms with E-state index in [1.54, 1.807) is 24.3 Å². The molecule has 0 fully saturated rings. The lowest BCUT2D eigenvalue weighted by Gasteiger charge is -2.19. The smallest absolute Gasteiger partial charge is 0.304 e. The highest BCUT2D eigenvalue weighted by Crippen LogP contribution is 2.30. The summed E-state index contributed by atoms with van der Waals surface area (Å²) in [6.07, 6.45) is -0.479. The van der Waals surface area contributed by atoms with Crippen molar-refractivity contribution in [2.24, 2.45) is 5.73 Å². The Morgan fingerprint density at radius 2 is 1.46 bits per heavy atom. The number of carboxylic acid groups (broad SMARTS) is 1. The Balaban J connectivity index is 2.11. The van der Waals surface area contributed by atoms with Crippen LogP contribution in [-0.4, -0.2) is 28.5 Å².